The second-order valence-electron chi connectivity index (χ2n) is 15.7. The van der Waals surface area contributed by atoms with Crippen molar-refractivity contribution in [3.8, 4) is 67.4 Å². The SMILES string of the molecule is c1cc(-c2cc(-c3nc4ccccc4o3)cc(-c3nc4ccccc4o3)c2)cc(-c2ccc3c(c2)C2(c4ccccc4-c4ccccc42)c2ccc4ccccc4c2-3)c1. The van der Waals surface area contributed by atoms with Crippen LogP contribution in [0.25, 0.3) is 100 Å². The van der Waals surface area contributed by atoms with Crippen LogP contribution in [0.5, 0.6) is 0 Å². The van der Waals surface area contributed by atoms with Crippen molar-refractivity contribution in [1.29, 1.82) is 0 Å². The topological polar surface area (TPSA) is 52.1 Å². The first-order valence-corrected chi connectivity index (χ1v) is 20.0. The predicted octanol–water partition coefficient (Wildman–Crippen LogP) is 14.1. The molecule has 13 rings (SSSR count). The minimum absolute atomic E-state index is 0.447. The van der Waals surface area contributed by atoms with Crippen molar-refractivity contribution in [3.63, 3.8) is 0 Å². The number of nitrogens with zero attached hydrogens (tertiary/aromatic N) is 2. The van der Waals surface area contributed by atoms with Crippen LogP contribution in [-0.2, 0) is 5.41 Å². The molecule has 2 aliphatic rings. The Morgan fingerprint density at radius 3 is 1.56 bits per heavy atom. The Bertz CT molecular complexity index is 3330. The molecule has 4 heteroatoms. The summed E-state index contributed by atoms with van der Waals surface area (Å²) in [5.74, 6) is 1.10. The molecule has 4 nitrogen and oxygen atoms in total. The predicted molar refractivity (Wildman–Crippen MR) is 237 cm³/mol. The van der Waals surface area contributed by atoms with Gasteiger partial charge >= 0.3 is 0 Å². The van der Waals surface area contributed by atoms with Crippen molar-refractivity contribution >= 4 is 33.0 Å². The standard InChI is InChI=1S/C55H32N2O2/c1-2-15-40-33(12-1)25-27-46-52(40)43-26-24-36(32-47(43)55(46)44-18-5-3-16-41(44)42-17-4-6-19-45(42)55)34-13-11-14-35(28-34)37-29-38(53-56-48-20-7-9-22-50(48)58-53)31-39(30-37)54-57-49-21-8-10-23-51(49)59-54/h1-32H. The van der Waals surface area contributed by atoms with Crippen LogP contribution in [0, 0.1) is 0 Å². The van der Waals surface area contributed by atoms with Crippen molar-refractivity contribution in [3.05, 3.63) is 216 Å². The van der Waals surface area contributed by atoms with Crippen LogP contribution in [0.15, 0.2) is 203 Å². The molecule has 0 saturated heterocycles. The average Bonchev–Trinajstić information content (AvgIpc) is 4.08. The van der Waals surface area contributed by atoms with Crippen molar-refractivity contribution in [1.82, 2.24) is 9.97 Å². The molecule has 0 bridgehead atoms. The van der Waals surface area contributed by atoms with Gasteiger partial charge < -0.3 is 8.83 Å². The van der Waals surface area contributed by atoms with E-state index in [4.69, 9.17) is 18.8 Å². The second-order valence-corrected chi connectivity index (χ2v) is 15.7. The highest BCUT2D eigenvalue weighted by atomic mass is 16.4. The second kappa shape index (κ2) is 12.1. The molecule has 0 saturated carbocycles. The van der Waals surface area contributed by atoms with Gasteiger partial charge in [-0.2, -0.15) is 0 Å². The average molecular weight is 753 g/mol. The molecule has 274 valence electrons. The van der Waals surface area contributed by atoms with Gasteiger partial charge in [-0.3, -0.25) is 0 Å². The molecular weight excluding hydrogens is 721 g/mol. The molecule has 11 aromatic rings. The molecule has 59 heavy (non-hydrogen) atoms. The molecule has 0 amide bonds. The van der Waals surface area contributed by atoms with E-state index in [1.54, 1.807) is 0 Å². The van der Waals surface area contributed by atoms with Crippen LogP contribution in [-0.4, -0.2) is 9.97 Å². The normalized spacial score (nSPS) is 13.2. The Balaban J connectivity index is 1.01. The zero-order valence-electron chi connectivity index (χ0n) is 31.7. The van der Waals surface area contributed by atoms with E-state index in [1.165, 1.54) is 60.8 Å². The van der Waals surface area contributed by atoms with Crippen LogP contribution < -0.4 is 0 Å². The highest BCUT2D eigenvalue weighted by Crippen LogP contribution is 2.64. The van der Waals surface area contributed by atoms with Gasteiger partial charge in [0.05, 0.1) is 5.41 Å². The smallest absolute Gasteiger partial charge is 0.227 e. The van der Waals surface area contributed by atoms with Crippen molar-refractivity contribution < 1.29 is 8.83 Å². The molecule has 1 spiro atoms. The van der Waals surface area contributed by atoms with E-state index in [1.807, 2.05) is 48.5 Å². The molecule has 9 aromatic carbocycles. The molecule has 0 radical (unpaired) electrons. The Morgan fingerprint density at radius 2 is 0.881 bits per heavy atom. The zero-order valence-corrected chi connectivity index (χ0v) is 31.7. The molecule has 0 atom stereocenters. The van der Waals surface area contributed by atoms with E-state index in [0.717, 1.165) is 50.0 Å². The van der Waals surface area contributed by atoms with Crippen LogP contribution >= 0.6 is 0 Å². The first kappa shape index (κ1) is 32.3. The fourth-order valence-corrected chi connectivity index (χ4v) is 10.00. The molecule has 2 aromatic heterocycles. The summed E-state index contributed by atoms with van der Waals surface area (Å²) < 4.78 is 12.6. The molecule has 0 unspecified atom stereocenters. The Morgan fingerprint density at radius 1 is 0.339 bits per heavy atom. The number of oxazole rings is 2. The fourth-order valence-electron chi connectivity index (χ4n) is 10.00. The van der Waals surface area contributed by atoms with Crippen LogP contribution in [0.1, 0.15) is 22.3 Å². The lowest BCUT2D eigenvalue weighted by atomic mass is 9.70. The van der Waals surface area contributed by atoms with Crippen LogP contribution in [0.4, 0.5) is 0 Å². The largest absolute Gasteiger partial charge is 0.436 e. The third-order valence-electron chi connectivity index (χ3n) is 12.5. The highest BCUT2D eigenvalue weighted by molar-refractivity contribution is 6.06. The lowest BCUT2D eigenvalue weighted by Gasteiger charge is -2.31. The van der Waals surface area contributed by atoms with Gasteiger partial charge in [-0.1, -0.05) is 140 Å². The van der Waals surface area contributed by atoms with Crippen LogP contribution in [0.2, 0.25) is 0 Å². The first-order valence-electron chi connectivity index (χ1n) is 20.0. The third kappa shape index (κ3) is 4.60. The van der Waals surface area contributed by atoms with E-state index < -0.39 is 5.41 Å². The van der Waals surface area contributed by atoms with Crippen LogP contribution in [0.3, 0.4) is 0 Å². The van der Waals surface area contributed by atoms with Gasteiger partial charge in [-0.05, 0) is 132 Å². The van der Waals surface area contributed by atoms with Gasteiger partial charge in [0.2, 0.25) is 11.8 Å². The molecule has 0 N–H and O–H groups in total. The molecule has 0 fully saturated rings. The third-order valence-corrected chi connectivity index (χ3v) is 12.5. The summed E-state index contributed by atoms with van der Waals surface area (Å²) in [4.78, 5) is 9.76. The number of hydrogen-bond donors (Lipinski definition) is 0. The summed E-state index contributed by atoms with van der Waals surface area (Å²) in [7, 11) is 0. The summed E-state index contributed by atoms with van der Waals surface area (Å²) in [6.45, 7) is 0. The molecule has 2 heterocycles. The van der Waals surface area contributed by atoms with Gasteiger partial charge in [-0.15, -0.1) is 0 Å². The summed E-state index contributed by atoms with van der Waals surface area (Å²) in [6, 6.07) is 69.6. The number of para-hydroxylation sites is 4. The maximum atomic E-state index is 6.32. The number of benzene rings is 9. The van der Waals surface area contributed by atoms with Crippen molar-refractivity contribution in [2.75, 3.05) is 0 Å². The summed E-state index contributed by atoms with van der Waals surface area (Å²) in [6.07, 6.45) is 0. The van der Waals surface area contributed by atoms with Gasteiger partial charge in [0, 0.05) is 11.1 Å². The van der Waals surface area contributed by atoms with Gasteiger partial charge in [0.25, 0.3) is 0 Å². The summed E-state index contributed by atoms with van der Waals surface area (Å²) >= 11 is 0. The Labute approximate surface area is 339 Å². The van der Waals surface area contributed by atoms with Gasteiger partial charge in [-0.25, -0.2) is 9.97 Å². The number of fused-ring (bicyclic) bond motifs is 14. The quantitative estimate of drug-likeness (QED) is 0.180. The first-order chi connectivity index (χ1) is 29.2. The van der Waals surface area contributed by atoms with E-state index >= 15 is 0 Å². The van der Waals surface area contributed by atoms with E-state index in [2.05, 4.69) is 146 Å². The monoisotopic (exact) mass is 752 g/mol. The highest BCUT2D eigenvalue weighted by Gasteiger charge is 2.52. The lowest BCUT2D eigenvalue weighted by Crippen LogP contribution is -2.25. The Kier molecular flexibility index (Phi) is 6.62. The molecule has 0 aliphatic heterocycles. The maximum absolute atomic E-state index is 6.32. The lowest BCUT2D eigenvalue weighted by molar-refractivity contribution is 0.617. The Hall–Kier alpha value is -7.82. The van der Waals surface area contributed by atoms with E-state index in [9.17, 15) is 0 Å². The van der Waals surface area contributed by atoms with E-state index in [0.29, 0.717) is 11.8 Å². The molecule has 2 aliphatic carbocycles. The number of aromatic nitrogens is 2. The van der Waals surface area contributed by atoms with Crippen molar-refractivity contribution in [2.24, 2.45) is 0 Å². The minimum Gasteiger partial charge on any atom is -0.436 e. The van der Waals surface area contributed by atoms with Crippen molar-refractivity contribution in [2.45, 2.75) is 5.41 Å². The fraction of sp³-hybridized carbons (Fsp3) is 0.0182. The number of hydrogen-bond acceptors (Lipinski definition) is 4. The zero-order chi connectivity index (χ0) is 38.7. The minimum atomic E-state index is -0.447. The van der Waals surface area contributed by atoms with Gasteiger partial charge in [0.15, 0.2) is 11.2 Å². The summed E-state index contributed by atoms with van der Waals surface area (Å²) in [5, 5.41) is 2.54. The molecular formula is C55H32N2O2. The van der Waals surface area contributed by atoms with E-state index in [-0.39, 0.29) is 0 Å². The number of rotatable bonds is 4. The van der Waals surface area contributed by atoms with Gasteiger partial charge in [0.1, 0.15) is 11.0 Å². The maximum Gasteiger partial charge on any atom is 0.227 e. The summed E-state index contributed by atoms with van der Waals surface area (Å²) in [5.41, 5.74) is 19.3.